The molecule has 0 saturated carbocycles. The van der Waals surface area contributed by atoms with E-state index in [0.29, 0.717) is 0 Å². The number of hydrogen-bond donors (Lipinski definition) is 0. The van der Waals surface area contributed by atoms with E-state index in [9.17, 15) is 0 Å². The molecule has 0 aliphatic carbocycles. The van der Waals surface area contributed by atoms with Crippen LogP contribution in [-0.2, 0) is 0 Å². The Bertz CT molecular complexity index is 423. The van der Waals surface area contributed by atoms with Gasteiger partial charge in [-0.2, -0.15) is 0 Å². The molecule has 0 unspecified atom stereocenters. The SMILES string of the molecule is Brc1cncnc1Sc1ccncn1. The van der Waals surface area contributed by atoms with Crippen LogP contribution in [0.3, 0.4) is 0 Å². The highest BCUT2D eigenvalue weighted by Crippen LogP contribution is 2.28. The largest absolute Gasteiger partial charge is 0.245 e. The third-order valence-corrected chi connectivity index (χ3v) is 3.20. The summed E-state index contributed by atoms with van der Waals surface area (Å²) in [6.45, 7) is 0. The van der Waals surface area contributed by atoms with Crippen LogP contribution < -0.4 is 0 Å². The quantitative estimate of drug-likeness (QED) is 0.782. The zero-order chi connectivity index (χ0) is 9.80. The van der Waals surface area contributed by atoms with Crippen molar-refractivity contribution in [1.82, 2.24) is 19.9 Å². The highest BCUT2D eigenvalue weighted by Gasteiger charge is 2.03. The van der Waals surface area contributed by atoms with Gasteiger partial charge in [0.05, 0.1) is 4.47 Å². The second-order valence-corrected chi connectivity index (χ2v) is 4.19. The van der Waals surface area contributed by atoms with Crippen molar-refractivity contribution in [2.24, 2.45) is 0 Å². The summed E-state index contributed by atoms with van der Waals surface area (Å²) >= 11 is 4.83. The molecule has 0 radical (unpaired) electrons. The van der Waals surface area contributed by atoms with E-state index in [1.165, 1.54) is 24.4 Å². The van der Waals surface area contributed by atoms with Crippen LogP contribution in [0.1, 0.15) is 0 Å². The third kappa shape index (κ3) is 2.27. The first-order valence-electron chi connectivity index (χ1n) is 3.75. The Kier molecular flexibility index (Phi) is 3.05. The lowest BCUT2D eigenvalue weighted by Crippen LogP contribution is -1.85. The van der Waals surface area contributed by atoms with Gasteiger partial charge in [0.15, 0.2) is 0 Å². The van der Waals surface area contributed by atoms with Gasteiger partial charge in [0.25, 0.3) is 0 Å². The van der Waals surface area contributed by atoms with E-state index < -0.39 is 0 Å². The van der Waals surface area contributed by atoms with Crippen molar-refractivity contribution >= 4 is 27.7 Å². The first-order valence-corrected chi connectivity index (χ1v) is 5.36. The first-order chi connectivity index (χ1) is 6.86. The standard InChI is InChI=1S/C8H5BrN4S/c9-6-3-11-5-13-8(6)14-7-1-2-10-4-12-7/h1-5H. The van der Waals surface area contributed by atoms with Gasteiger partial charge in [0.1, 0.15) is 22.7 Å². The van der Waals surface area contributed by atoms with Gasteiger partial charge < -0.3 is 0 Å². The van der Waals surface area contributed by atoms with E-state index in [-0.39, 0.29) is 0 Å². The zero-order valence-corrected chi connectivity index (χ0v) is 9.36. The molecular weight excluding hydrogens is 264 g/mol. The summed E-state index contributed by atoms with van der Waals surface area (Å²) in [6, 6.07) is 1.83. The van der Waals surface area contributed by atoms with Crippen LogP contribution in [0.15, 0.2) is 45.6 Å². The van der Waals surface area contributed by atoms with Gasteiger partial charge in [-0.15, -0.1) is 0 Å². The van der Waals surface area contributed by atoms with Crippen molar-refractivity contribution in [3.8, 4) is 0 Å². The normalized spacial score (nSPS) is 10.1. The van der Waals surface area contributed by atoms with Crippen molar-refractivity contribution in [2.75, 3.05) is 0 Å². The van der Waals surface area contributed by atoms with Gasteiger partial charge in [-0.1, -0.05) is 0 Å². The summed E-state index contributed by atoms with van der Waals surface area (Å²) in [5, 5.41) is 1.71. The number of aromatic nitrogens is 4. The molecule has 0 aliphatic heterocycles. The molecule has 0 bridgehead atoms. The highest BCUT2D eigenvalue weighted by molar-refractivity contribution is 9.10. The van der Waals surface area contributed by atoms with Crippen molar-refractivity contribution in [3.63, 3.8) is 0 Å². The Balaban J connectivity index is 2.24. The smallest absolute Gasteiger partial charge is 0.120 e. The Morgan fingerprint density at radius 2 is 2.00 bits per heavy atom. The fourth-order valence-corrected chi connectivity index (χ4v) is 1.95. The summed E-state index contributed by atoms with van der Waals surface area (Å²) in [7, 11) is 0. The van der Waals surface area contributed by atoms with Crippen LogP contribution in [0.4, 0.5) is 0 Å². The topological polar surface area (TPSA) is 51.6 Å². The molecule has 2 aromatic rings. The third-order valence-electron chi connectivity index (χ3n) is 1.39. The summed E-state index contributed by atoms with van der Waals surface area (Å²) in [5.74, 6) is 0. The lowest BCUT2D eigenvalue weighted by Gasteiger charge is -1.99. The van der Waals surface area contributed by atoms with Crippen LogP contribution in [0.25, 0.3) is 0 Å². The average molecular weight is 269 g/mol. The van der Waals surface area contributed by atoms with E-state index in [0.717, 1.165) is 14.5 Å². The van der Waals surface area contributed by atoms with Crippen LogP contribution in [0, 0.1) is 0 Å². The Morgan fingerprint density at radius 3 is 2.71 bits per heavy atom. The second kappa shape index (κ2) is 4.47. The molecule has 0 fully saturated rings. The van der Waals surface area contributed by atoms with Crippen LogP contribution in [-0.4, -0.2) is 19.9 Å². The summed E-state index contributed by atoms with van der Waals surface area (Å²) in [4.78, 5) is 15.9. The molecule has 0 saturated heterocycles. The molecular formula is C8H5BrN4S. The van der Waals surface area contributed by atoms with Crippen LogP contribution >= 0.6 is 27.7 Å². The van der Waals surface area contributed by atoms with Gasteiger partial charge in [-0.3, -0.25) is 0 Å². The fourth-order valence-electron chi connectivity index (χ4n) is 0.815. The molecule has 70 valence electrons. The second-order valence-electron chi connectivity index (χ2n) is 2.33. The highest BCUT2D eigenvalue weighted by atomic mass is 79.9. The number of hydrogen-bond acceptors (Lipinski definition) is 5. The molecule has 0 amide bonds. The van der Waals surface area contributed by atoms with Crippen molar-refractivity contribution in [2.45, 2.75) is 10.1 Å². The monoisotopic (exact) mass is 268 g/mol. The van der Waals surface area contributed by atoms with Crippen molar-refractivity contribution in [1.29, 1.82) is 0 Å². The number of nitrogens with zero attached hydrogens (tertiary/aromatic N) is 4. The van der Waals surface area contributed by atoms with Gasteiger partial charge in [-0.05, 0) is 33.8 Å². The number of rotatable bonds is 2. The maximum absolute atomic E-state index is 4.12. The van der Waals surface area contributed by atoms with Crippen LogP contribution in [0.5, 0.6) is 0 Å². The first kappa shape index (κ1) is 9.54. The lowest BCUT2D eigenvalue weighted by atomic mass is 10.7. The Labute approximate surface area is 93.4 Å². The van der Waals surface area contributed by atoms with Gasteiger partial charge >= 0.3 is 0 Å². The molecule has 0 aromatic carbocycles. The summed E-state index contributed by atoms with van der Waals surface area (Å²) in [6.07, 6.45) is 6.42. The minimum absolute atomic E-state index is 0.846. The van der Waals surface area contributed by atoms with Gasteiger partial charge in [0.2, 0.25) is 0 Å². The van der Waals surface area contributed by atoms with E-state index in [1.807, 2.05) is 6.07 Å². The Morgan fingerprint density at radius 1 is 1.14 bits per heavy atom. The van der Waals surface area contributed by atoms with Gasteiger partial charge in [0, 0.05) is 12.4 Å². The molecule has 6 heteroatoms. The molecule has 2 heterocycles. The molecule has 4 nitrogen and oxygen atoms in total. The predicted octanol–water partition coefficient (Wildman–Crippen LogP) is 2.18. The lowest BCUT2D eigenvalue weighted by molar-refractivity contribution is 1.00. The zero-order valence-electron chi connectivity index (χ0n) is 6.96. The fraction of sp³-hybridized carbons (Fsp3) is 0. The maximum Gasteiger partial charge on any atom is 0.120 e. The summed E-state index contributed by atoms with van der Waals surface area (Å²) in [5.41, 5.74) is 0. The molecule has 14 heavy (non-hydrogen) atoms. The van der Waals surface area contributed by atoms with E-state index in [4.69, 9.17) is 0 Å². The average Bonchev–Trinajstić information content (AvgIpc) is 2.23. The molecule has 2 rings (SSSR count). The maximum atomic E-state index is 4.12. The molecule has 0 N–H and O–H groups in total. The van der Waals surface area contributed by atoms with Crippen molar-refractivity contribution < 1.29 is 0 Å². The minimum Gasteiger partial charge on any atom is -0.245 e. The van der Waals surface area contributed by atoms with Gasteiger partial charge in [-0.25, -0.2) is 19.9 Å². The minimum atomic E-state index is 0.846. The van der Waals surface area contributed by atoms with Crippen molar-refractivity contribution in [3.05, 3.63) is 35.6 Å². The van der Waals surface area contributed by atoms with E-state index >= 15 is 0 Å². The molecule has 2 aromatic heterocycles. The molecule has 0 atom stereocenters. The molecule has 0 spiro atoms. The summed E-state index contributed by atoms with van der Waals surface area (Å²) < 4.78 is 0.864. The van der Waals surface area contributed by atoms with Crippen LogP contribution in [0.2, 0.25) is 0 Å². The Hall–Kier alpha value is -1.01. The predicted molar refractivity (Wildman–Crippen MR) is 55.9 cm³/mol. The van der Waals surface area contributed by atoms with E-state index in [2.05, 4.69) is 35.9 Å². The van der Waals surface area contributed by atoms with E-state index in [1.54, 1.807) is 12.4 Å². The number of halogens is 1. The molecule has 0 aliphatic rings.